The van der Waals surface area contributed by atoms with Crippen LogP contribution in [0.5, 0.6) is 0 Å². The molecule has 0 aliphatic carbocycles. The van der Waals surface area contributed by atoms with Gasteiger partial charge in [-0.25, -0.2) is 4.98 Å². The first kappa shape index (κ1) is 20.2. The monoisotopic (exact) mass is 359 g/mol. The number of imidazole rings is 1. The molecule has 0 aliphatic rings. The second kappa shape index (κ2) is 11.5. The topological polar surface area (TPSA) is 74.3 Å². The van der Waals surface area contributed by atoms with E-state index in [-0.39, 0.29) is 0 Å². The van der Waals surface area contributed by atoms with Crippen molar-refractivity contribution >= 4 is 17.0 Å². The normalized spacial score (nSPS) is 12.1. The number of aromatic nitrogens is 2. The summed E-state index contributed by atoms with van der Waals surface area (Å²) >= 11 is 0. The SMILES string of the molecule is CCNC(=NCCCc1nc2ccccc2[nH]1)NCCCOCC(C)C. The van der Waals surface area contributed by atoms with E-state index in [1.165, 1.54) is 0 Å². The molecule has 144 valence electrons. The lowest BCUT2D eigenvalue weighted by molar-refractivity contribution is 0.108. The lowest BCUT2D eigenvalue weighted by Crippen LogP contribution is -2.38. The lowest BCUT2D eigenvalue weighted by atomic mass is 10.2. The second-order valence-electron chi connectivity index (χ2n) is 6.81. The lowest BCUT2D eigenvalue weighted by Gasteiger charge is -2.11. The molecule has 2 aromatic rings. The number of ether oxygens (including phenoxy) is 1. The van der Waals surface area contributed by atoms with Crippen molar-refractivity contribution in [1.82, 2.24) is 20.6 Å². The van der Waals surface area contributed by atoms with E-state index in [1.54, 1.807) is 0 Å². The first-order valence-electron chi connectivity index (χ1n) is 9.72. The van der Waals surface area contributed by atoms with E-state index in [1.807, 2.05) is 18.2 Å². The van der Waals surface area contributed by atoms with Crippen molar-refractivity contribution in [2.24, 2.45) is 10.9 Å². The molecular formula is C20H33N5O. The maximum Gasteiger partial charge on any atom is 0.191 e. The van der Waals surface area contributed by atoms with Crippen LogP contribution in [0.1, 0.15) is 39.4 Å². The minimum Gasteiger partial charge on any atom is -0.381 e. The highest BCUT2D eigenvalue weighted by atomic mass is 16.5. The molecule has 3 N–H and O–H groups in total. The highest BCUT2D eigenvalue weighted by molar-refractivity contribution is 5.79. The Morgan fingerprint density at radius 1 is 1.23 bits per heavy atom. The number of guanidine groups is 1. The first-order chi connectivity index (χ1) is 12.7. The van der Waals surface area contributed by atoms with Crippen molar-refractivity contribution in [2.75, 3.05) is 32.8 Å². The zero-order chi connectivity index (χ0) is 18.6. The number of fused-ring (bicyclic) bond motifs is 1. The van der Waals surface area contributed by atoms with Crippen LogP contribution < -0.4 is 10.6 Å². The number of para-hydroxylation sites is 2. The maximum absolute atomic E-state index is 5.60. The maximum atomic E-state index is 5.60. The number of hydrogen-bond donors (Lipinski definition) is 3. The predicted molar refractivity (Wildman–Crippen MR) is 109 cm³/mol. The van der Waals surface area contributed by atoms with E-state index >= 15 is 0 Å². The third-order valence-electron chi connectivity index (χ3n) is 3.83. The van der Waals surface area contributed by atoms with Crippen molar-refractivity contribution in [3.8, 4) is 0 Å². The molecule has 0 atom stereocenters. The number of aliphatic imine (C=N–C) groups is 1. The van der Waals surface area contributed by atoms with Gasteiger partial charge in [0, 0.05) is 39.3 Å². The molecule has 1 aromatic heterocycles. The molecule has 0 spiro atoms. The van der Waals surface area contributed by atoms with Gasteiger partial charge in [0.1, 0.15) is 5.82 Å². The van der Waals surface area contributed by atoms with Gasteiger partial charge in [-0.1, -0.05) is 26.0 Å². The Morgan fingerprint density at radius 3 is 2.85 bits per heavy atom. The zero-order valence-electron chi connectivity index (χ0n) is 16.3. The summed E-state index contributed by atoms with van der Waals surface area (Å²) in [6, 6.07) is 8.13. The molecule has 1 heterocycles. The third kappa shape index (κ3) is 7.44. The molecule has 0 fully saturated rings. The Morgan fingerprint density at radius 2 is 2.08 bits per heavy atom. The van der Waals surface area contributed by atoms with Crippen molar-refractivity contribution in [2.45, 2.75) is 40.0 Å². The van der Waals surface area contributed by atoms with Gasteiger partial charge in [0.05, 0.1) is 11.0 Å². The molecule has 0 radical (unpaired) electrons. The van der Waals surface area contributed by atoms with Crippen molar-refractivity contribution in [1.29, 1.82) is 0 Å². The average Bonchev–Trinajstić information content (AvgIpc) is 3.04. The van der Waals surface area contributed by atoms with E-state index in [0.717, 1.165) is 74.9 Å². The highest BCUT2D eigenvalue weighted by Gasteiger charge is 2.02. The predicted octanol–water partition coefficient (Wildman–Crippen LogP) is 3.11. The number of aryl methyl sites for hydroxylation is 1. The first-order valence-corrected chi connectivity index (χ1v) is 9.72. The molecule has 0 saturated carbocycles. The molecule has 0 bridgehead atoms. The minimum absolute atomic E-state index is 0.591. The smallest absolute Gasteiger partial charge is 0.191 e. The Bertz CT molecular complexity index is 632. The average molecular weight is 360 g/mol. The van der Waals surface area contributed by atoms with Gasteiger partial charge in [0.25, 0.3) is 0 Å². The van der Waals surface area contributed by atoms with Crippen LogP contribution in [-0.2, 0) is 11.2 Å². The van der Waals surface area contributed by atoms with Crippen LogP contribution in [0.25, 0.3) is 11.0 Å². The Labute approximate surface area is 156 Å². The number of H-pyrrole nitrogens is 1. The molecule has 0 unspecified atom stereocenters. The fourth-order valence-corrected chi connectivity index (χ4v) is 2.60. The molecule has 0 saturated heterocycles. The van der Waals surface area contributed by atoms with Gasteiger partial charge in [-0.15, -0.1) is 0 Å². The second-order valence-corrected chi connectivity index (χ2v) is 6.81. The molecule has 1 aromatic carbocycles. The Hall–Kier alpha value is -2.08. The summed E-state index contributed by atoms with van der Waals surface area (Å²) in [5, 5.41) is 6.65. The van der Waals surface area contributed by atoms with Gasteiger partial charge >= 0.3 is 0 Å². The van der Waals surface area contributed by atoms with Gasteiger partial charge in [0.15, 0.2) is 5.96 Å². The van der Waals surface area contributed by atoms with E-state index < -0.39 is 0 Å². The Kier molecular flexibility index (Phi) is 8.96. The van der Waals surface area contributed by atoms with Crippen LogP contribution in [0.2, 0.25) is 0 Å². The quantitative estimate of drug-likeness (QED) is 0.327. The zero-order valence-corrected chi connectivity index (χ0v) is 16.3. The number of rotatable bonds is 11. The van der Waals surface area contributed by atoms with Crippen LogP contribution >= 0.6 is 0 Å². The molecule has 6 heteroatoms. The van der Waals surface area contributed by atoms with Crippen molar-refractivity contribution in [3.63, 3.8) is 0 Å². The summed E-state index contributed by atoms with van der Waals surface area (Å²) in [6.07, 6.45) is 2.85. The van der Waals surface area contributed by atoms with Crippen LogP contribution in [0.3, 0.4) is 0 Å². The van der Waals surface area contributed by atoms with Gasteiger partial charge in [-0.2, -0.15) is 0 Å². The summed E-state index contributed by atoms with van der Waals surface area (Å²) in [5.41, 5.74) is 2.13. The van der Waals surface area contributed by atoms with Crippen LogP contribution in [0.15, 0.2) is 29.3 Å². The number of benzene rings is 1. The fourth-order valence-electron chi connectivity index (χ4n) is 2.60. The molecule has 26 heavy (non-hydrogen) atoms. The third-order valence-corrected chi connectivity index (χ3v) is 3.83. The number of hydrogen-bond acceptors (Lipinski definition) is 3. The number of aromatic amines is 1. The molecule has 2 rings (SSSR count). The minimum atomic E-state index is 0.591. The largest absolute Gasteiger partial charge is 0.381 e. The highest BCUT2D eigenvalue weighted by Crippen LogP contribution is 2.11. The van der Waals surface area contributed by atoms with E-state index in [9.17, 15) is 0 Å². The fraction of sp³-hybridized carbons (Fsp3) is 0.600. The summed E-state index contributed by atoms with van der Waals surface area (Å²) in [6.45, 7) is 10.5. The number of nitrogens with zero attached hydrogens (tertiary/aromatic N) is 2. The summed E-state index contributed by atoms with van der Waals surface area (Å²) in [5.74, 6) is 2.50. The Balaban J connectivity index is 1.67. The number of nitrogens with one attached hydrogen (secondary N) is 3. The van der Waals surface area contributed by atoms with Crippen molar-refractivity contribution in [3.05, 3.63) is 30.1 Å². The molecular weight excluding hydrogens is 326 g/mol. The van der Waals surface area contributed by atoms with Crippen LogP contribution in [0.4, 0.5) is 0 Å². The van der Waals surface area contributed by atoms with Gasteiger partial charge in [0.2, 0.25) is 0 Å². The van der Waals surface area contributed by atoms with Gasteiger partial charge in [-0.3, -0.25) is 4.99 Å². The summed E-state index contributed by atoms with van der Waals surface area (Å²) in [7, 11) is 0. The molecule has 6 nitrogen and oxygen atoms in total. The van der Waals surface area contributed by atoms with Crippen molar-refractivity contribution < 1.29 is 4.74 Å². The van der Waals surface area contributed by atoms with E-state index in [4.69, 9.17) is 4.74 Å². The van der Waals surface area contributed by atoms with Gasteiger partial charge < -0.3 is 20.4 Å². The van der Waals surface area contributed by atoms with Gasteiger partial charge in [-0.05, 0) is 37.8 Å². The summed E-state index contributed by atoms with van der Waals surface area (Å²) in [4.78, 5) is 12.6. The molecule has 0 amide bonds. The van der Waals surface area contributed by atoms with Crippen LogP contribution in [0, 0.1) is 5.92 Å². The van der Waals surface area contributed by atoms with E-state index in [0.29, 0.717) is 5.92 Å². The van der Waals surface area contributed by atoms with E-state index in [2.05, 4.69) is 52.4 Å². The standard InChI is InChI=1S/C20H33N5O/c1-4-21-20(23-13-8-14-26-15-16(2)3)22-12-7-11-19-24-17-9-5-6-10-18(17)25-19/h5-6,9-10,16H,4,7-8,11-15H2,1-3H3,(H,24,25)(H2,21,22,23). The van der Waals surface area contributed by atoms with Crippen LogP contribution in [-0.4, -0.2) is 48.8 Å². The summed E-state index contributed by atoms with van der Waals surface area (Å²) < 4.78 is 5.60. The molecule has 0 aliphatic heterocycles.